The van der Waals surface area contributed by atoms with Crippen LogP contribution < -0.4 is 10.2 Å². The molecule has 466 valence electrons. The molecule has 0 radical (unpaired) electrons. The highest BCUT2D eigenvalue weighted by Crippen LogP contribution is 2.38. The van der Waals surface area contributed by atoms with Crippen molar-refractivity contribution in [3.05, 3.63) is 72.9 Å². The van der Waals surface area contributed by atoms with Gasteiger partial charge in [-0.15, -0.1) is 0 Å². The van der Waals surface area contributed by atoms with Gasteiger partial charge in [-0.1, -0.05) is 306 Å². The lowest BCUT2D eigenvalue weighted by Crippen LogP contribution is -2.47. The van der Waals surface area contributed by atoms with Gasteiger partial charge in [0.05, 0.1) is 33.8 Å². The number of esters is 1. The quantitative estimate of drug-likeness (QED) is 0.0212. The molecule has 0 aromatic rings. The minimum absolute atomic E-state index is 0.0363. The van der Waals surface area contributed by atoms with Gasteiger partial charge >= 0.3 is 5.97 Å². The number of unbranched alkanes of at least 4 members (excludes halogenated alkanes) is 35. The topological polar surface area (TPSA) is 114 Å². The van der Waals surface area contributed by atoms with E-state index in [1.54, 1.807) is 0 Å². The fourth-order valence-corrected chi connectivity index (χ4v) is 10.5. The summed E-state index contributed by atoms with van der Waals surface area (Å²) in [6.07, 6.45) is 77.7. The van der Waals surface area contributed by atoms with E-state index in [0.717, 1.165) is 70.6 Å². The maximum absolute atomic E-state index is 13.5. The predicted octanol–water partition coefficient (Wildman–Crippen LogP) is 20.5. The summed E-state index contributed by atoms with van der Waals surface area (Å²) >= 11 is 0. The van der Waals surface area contributed by atoms with Crippen LogP contribution in [0.5, 0.6) is 0 Å². The van der Waals surface area contributed by atoms with E-state index in [9.17, 15) is 19.0 Å². The number of nitrogens with zero attached hydrogens (tertiary/aromatic N) is 1. The number of phosphoric acid groups is 1. The molecule has 3 unspecified atom stereocenters. The van der Waals surface area contributed by atoms with Gasteiger partial charge in [-0.2, -0.15) is 0 Å². The Morgan fingerprint density at radius 1 is 0.450 bits per heavy atom. The number of allylic oxidation sites excluding steroid dienone is 11. The van der Waals surface area contributed by atoms with E-state index in [0.29, 0.717) is 17.4 Å². The van der Waals surface area contributed by atoms with Gasteiger partial charge in [0.25, 0.3) is 7.82 Å². The molecule has 1 N–H and O–H groups in total. The molecule has 9 nitrogen and oxygen atoms in total. The molecule has 0 heterocycles. The lowest BCUT2D eigenvalue weighted by atomic mass is 10.0. The summed E-state index contributed by atoms with van der Waals surface area (Å²) in [5, 5.41) is 2.99. The normalized spacial score (nSPS) is 14.0. The van der Waals surface area contributed by atoms with Crippen LogP contribution in [0.3, 0.4) is 0 Å². The number of phosphoric ester groups is 1. The maximum atomic E-state index is 13.5. The van der Waals surface area contributed by atoms with E-state index in [-0.39, 0.29) is 31.3 Å². The van der Waals surface area contributed by atoms with Crippen LogP contribution >= 0.6 is 7.82 Å². The van der Waals surface area contributed by atoms with E-state index >= 15 is 0 Å². The van der Waals surface area contributed by atoms with Crippen molar-refractivity contribution in [2.45, 2.75) is 322 Å². The summed E-state index contributed by atoms with van der Waals surface area (Å²) in [5.41, 5.74) is 0. The van der Waals surface area contributed by atoms with Crippen LogP contribution in [0.15, 0.2) is 72.9 Å². The number of nitrogens with one attached hydrogen (secondary N) is 1. The first-order chi connectivity index (χ1) is 38.9. The number of quaternary nitrogens is 1. The number of likely N-dealkylation sites (N-methyl/N-ethyl adjacent to an activating group) is 1. The molecule has 0 aliphatic carbocycles. The van der Waals surface area contributed by atoms with Crippen LogP contribution in [-0.4, -0.2) is 69.4 Å². The zero-order valence-corrected chi connectivity index (χ0v) is 54.2. The van der Waals surface area contributed by atoms with E-state index in [4.69, 9.17) is 13.8 Å². The van der Waals surface area contributed by atoms with Gasteiger partial charge in [0.1, 0.15) is 19.3 Å². The lowest BCUT2D eigenvalue weighted by Gasteiger charge is -2.30. The summed E-state index contributed by atoms with van der Waals surface area (Å²) in [6.45, 7) is 6.70. The Morgan fingerprint density at radius 2 is 0.812 bits per heavy atom. The van der Waals surface area contributed by atoms with Crippen molar-refractivity contribution in [2.24, 2.45) is 0 Å². The van der Waals surface area contributed by atoms with Crippen LogP contribution in [-0.2, 0) is 27.9 Å². The van der Waals surface area contributed by atoms with Gasteiger partial charge in [-0.3, -0.25) is 14.2 Å². The molecule has 3 atom stereocenters. The minimum atomic E-state index is -4.72. The maximum Gasteiger partial charge on any atom is 0.306 e. The average Bonchev–Trinajstić information content (AvgIpc) is 3.42. The first-order valence-corrected chi connectivity index (χ1v) is 35.2. The summed E-state index contributed by atoms with van der Waals surface area (Å²) in [5.74, 6) is -0.628. The van der Waals surface area contributed by atoms with Crippen LogP contribution in [0.1, 0.15) is 310 Å². The molecule has 10 heteroatoms. The molecule has 0 aromatic carbocycles. The lowest BCUT2D eigenvalue weighted by molar-refractivity contribution is -0.870. The first-order valence-electron chi connectivity index (χ1n) is 33.7. The number of hydrogen-bond donors (Lipinski definition) is 1. The summed E-state index contributed by atoms with van der Waals surface area (Å²) in [4.78, 5) is 40.0. The van der Waals surface area contributed by atoms with E-state index in [1.807, 2.05) is 45.4 Å². The molecule has 0 bridgehead atoms. The number of rotatable bonds is 61. The zero-order valence-electron chi connectivity index (χ0n) is 53.3. The van der Waals surface area contributed by atoms with Gasteiger partial charge in [0.15, 0.2) is 0 Å². The fraction of sp³-hybridized carbons (Fsp3) is 0.800. The van der Waals surface area contributed by atoms with E-state index in [2.05, 4.69) is 74.7 Å². The van der Waals surface area contributed by atoms with Crippen LogP contribution in [0.4, 0.5) is 0 Å². The van der Waals surface area contributed by atoms with Crippen molar-refractivity contribution >= 4 is 19.7 Å². The van der Waals surface area contributed by atoms with E-state index < -0.39 is 26.6 Å². The SMILES string of the molecule is CC/C=C/C/C=C/C/C=C/C/C=C/C/C=C/CCC(=O)NC(COP(=O)([O-])OCC[N+](C)(C)C)C(/C=C\CCCCCCCCCCCCC)OC(=O)CCCCCCCCCCCCCCCCCCCCCCCCCCC. The average molecular weight is 1140 g/mol. The highest BCUT2D eigenvalue weighted by molar-refractivity contribution is 7.45. The molecule has 0 aliphatic heterocycles. The zero-order chi connectivity index (χ0) is 58.6. The van der Waals surface area contributed by atoms with Crippen molar-refractivity contribution in [1.29, 1.82) is 0 Å². The second-order valence-electron chi connectivity index (χ2n) is 24.0. The van der Waals surface area contributed by atoms with Gasteiger partial charge in [-0.05, 0) is 63.9 Å². The third kappa shape index (κ3) is 60.1. The van der Waals surface area contributed by atoms with Crippen molar-refractivity contribution in [1.82, 2.24) is 5.32 Å². The second kappa shape index (κ2) is 59.6. The van der Waals surface area contributed by atoms with Gasteiger partial charge in [0.2, 0.25) is 5.91 Å². The molecule has 0 spiro atoms. The van der Waals surface area contributed by atoms with Crippen molar-refractivity contribution in [3.8, 4) is 0 Å². The van der Waals surface area contributed by atoms with Gasteiger partial charge < -0.3 is 28.5 Å². The smallest absolute Gasteiger partial charge is 0.306 e. The Balaban J connectivity index is 5.16. The third-order valence-corrected chi connectivity index (χ3v) is 15.9. The highest BCUT2D eigenvalue weighted by atomic mass is 31.2. The van der Waals surface area contributed by atoms with Crippen molar-refractivity contribution in [2.75, 3.05) is 40.9 Å². The molecular formula is C70H129N2O7P. The van der Waals surface area contributed by atoms with Crippen LogP contribution in [0, 0.1) is 0 Å². The number of carbonyl (C=O) groups is 2. The fourth-order valence-electron chi connectivity index (χ4n) is 9.75. The second-order valence-corrected chi connectivity index (χ2v) is 25.4. The number of hydrogen-bond acceptors (Lipinski definition) is 7. The Kier molecular flexibility index (Phi) is 57.7. The van der Waals surface area contributed by atoms with Crippen molar-refractivity contribution < 1.29 is 37.3 Å². The number of ether oxygens (including phenoxy) is 1. The van der Waals surface area contributed by atoms with E-state index in [1.165, 1.54) is 199 Å². The molecule has 0 fully saturated rings. The largest absolute Gasteiger partial charge is 0.756 e. The molecule has 0 aliphatic rings. The Morgan fingerprint density at radius 3 is 1.20 bits per heavy atom. The molecule has 1 amide bonds. The highest BCUT2D eigenvalue weighted by Gasteiger charge is 2.27. The molecule has 0 aromatic heterocycles. The van der Waals surface area contributed by atoms with Crippen LogP contribution in [0.2, 0.25) is 0 Å². The Bertz CT molecular complexity index is 1600. The summed E-state index contributed by atoms with van der Waals surface area (Å²) in [7, 11) is 1.14. The summed E-state index contributed by atoms with van der Waals surface area (Å²) < 4.78 is 30.3. The standard InChI is InChI=1S/C70H129N2O7P/c1-7-10-13-16-19-22-25-28-30-32-33-34-35-36-37-38-39-40-42-45-48-51-54-57-60-63-70(74)79-68(61-58-55-52-49-46-43-27-24-21-18-15-12-9-3)67(66-78-80(75,76)77-65-64-72(4,5)6)71-69(73)62-59-56-53-50-47-44-41-31-29-26-23-20-17-14-11-8-2/h11,14,20,23,29,31,44,47,53,56,58,61,67-68H,7-10,12-13,15-19,21-22,24-28,30,32-43,45-46,48-52,54-55,57,59-60,62-66H2,1-6H3,(H-,71,73,75,76)/b14-11+,23-20+,31-29+,47-44+,56-53+,61-58-. The summed E-state index contributed by atoms with van der Waals surface area (Å²) in [6, 6.07) is -0.929. The Labute approximate surface area is 495 Å². The molecule has 80 heavy (non-hydrogen) atoms. The molecule has 0 saturated carbocycles. The predicted molar refractivity (Wildman–Crippen MR) is 344 cm³/mol. The molecule has 0 rings (SSSR count). The minimum Gasteiger partial charge on any atom is -0.756 e. The van der Waals surface area contributed by atoms with Crippen LogP contribution in [0.25, 0.3) is 0 Å². The van der Waals surface area contributed by atoms with Gasteiger partial charge in [0, 0.05) is 12.8 Å². The monoisotopic (exact) mass is 1140 g/mol. The number of carbonyl (C=O) groups excluding carboxylic acids is 2. The molecular weight excluding hydrogens is 1010 g/mol. The molecule has 0 saturated heterocycles. The Hall–Kier alpha value is -2.55. The van der Waals surface area contributed by atoms with Crippen molar-refractivity contribution in [3.63, 3.8) is 0 Å². The third-order valence-electron chi connectivity index (χ3n) is 14.9. The number of amides is 1. The van der Waals surface area contributed by atoms with Gasteiger partial charge in [-0.25, -0.2) is 0 Å². The first kappa shape index (κ1) is 77.5.